The first-order chi connectivity index (χ1) is 7.15. The number of hydrogen-bond acceptors (Lipinski definition) is 4. The van der Waals surface area contributed by atoms with Crippen LogP contribution in [0.25, 0.3) is 0 Å². The van der Waals surface area contributed by atoms with Gasteiger partial charge in [-0.05, 0) is 13.0 Å². The van der Waals surface area contributed by atoms with Gasteiger partial charge in [0.15, 0.2) is 0 Å². The zero-order chi connectivity index (χ0) is 11.3. The van der Waals surface area contributed by atoms with Crippen LogP contribution < -0.4 is 5.32 Å². The van der Waals surface area contributed by atoms with E-state index in [0.29, 0.717) is 18.5 Å². The van der Waals surface area contributed by atoms with Gasteiger partial charge in [0, 0.05) is 30.6 Å². The Morgan fingerprint density at radius 3 is 2.80 bits per heavy atom. The number of rotatable bonds is 4. The fourth-order valence-electron chi connectivity index (χ4n) is 1.35. The number of aromatic hydroxyl groups is 2. The molecule has 0 bridgehead atoms. The minimum absolute atomic E-state index is 0.0421. The summed E-state index contributed by atoms with van der Waals surface area (Å²) in [6.45, 7) is 2.47. The van der Waals surface area contributed by atoms with Crippen molar-refractivity contribution < 1.29 is 10.2 Å². The highest BCUT2D eigenvalue weighted by atomic mass is 16.3. The Labute approximate surface area is 88.8 Å². The quantitative estimate of drug-likeness (QED) is 0.655. The SMILES string of the molecule is CC(NCCC#N)c1ccc(O)cc1O. The second-order valence-electron chi connectivity index (χ2n) is 3.33. The summed E-state index contributed by atoms with van der Waals surface area (Å²) in [6, 6.07) is 6.48. The molecule has 0 amide bonds. The summed E-state index contributed by atoms with van der Waals surface area (Å²) in [5, 5.41) is 30.1. The fraction of sp³-hybridized carbons (Fsp3) is 0.364. The Kier molecular flexibility index (Phi) is 3.95. The van der Waals surface area contributed by atoms with E-state index in [1.165, 1.54) is 12.1 Å². The van der Waals surface area contributed by atoms with Crippen molar-refractivity contribution in [1.82, 2.24) is 5.32 Å². The van der Waals surface area contributed by atoms with Crippen LogP contribution in [-0.2, 0) is 0 Å². The van der Waals surface area contributed by atoms with Gasteiger partial charge in [-0.25, -0.2) is 0 Å². The van der Waals surface area contributed by atoms with Crippen molar-refractivity contribution in [2.75, 3.05) is 6.54 Å². The molecule has 4 heteroatoms. The molecule has 0 radical (unpaired) electrons. The van der Waals surface area contributed by atoms with Gasteiger partial charge in [0.2, 0.25) is 0 Å². The number of benzene rings is 1. The molecule has 0 spiro atoms. The van der Waals surface area contributed by atoms with Crippen molar-refractivity contribution in [3.05, 3.63) is 23.8 Å². The van der Waals surface area contributed by atoms with Crippen molar-refractivity contribution in [3.8, 4) is 17.6 Å². The van der Waals surface area contributed by atoms with E-state index in [1.807, 2.05) is 13.0 Å². The van der Waals surface area contributed by atoms with Crippen LogP contribution in [0.3, 0.4) is 0 Å². The van der Waals surface area contributed by atoms with Crippen molar-refractivity contribution >= 4 is 0 Å². The van der Waals surface area contributed by atoms with Gasteiger partial charge < -0.3 is 15.5 Å². The van der Waals surface area contributed by atoms with Crippen LogP contribution in [0.1, 0.15) is 24.9 Å². The number of phenols is 2. The van der Waals surface area contributed by atoms with Crippen LogP contribution in [-0.4, -0.2) is 16.8 Å². The molecule has 80 valence electrons. The summed E-state index contributed by atoms with van der Waals surface area (Å²) in [5.74, 6) is 0.104. The molecule has 15 heavy (non-hydrogen) atoms. The Bertz CT molecular complexity index is 371. The van der Waals surface area contributed by atoms with E-state index in [9.17, 15) is 5.11 Å². The van der Waals surface area contributed by atoms with Crippen LogP contribution >= 0.6 is 0 Å². The molecule has 0 aromatic heterocycles. The average molecular weight is 206 g/mol. The van der Waals surface area contributed by atoms with Gasteiger partial charge in [0.05, 0.1) is 6.07 Å². The molecule has 0 aliphatic carbocycles. The predicted octanol–water partition coefficient (Wildman–Crippen LogP) is 1.66. The zero-order valence-corrected chi connectivity index (χ0v) is 8.57. The molecule has 0 heterocycles. The lowest BCUT2D eigenvalue weighted by Gasteiger charge is -2.14. The molecule has 1 aromatic rings. The van der Waals surface area contributed by atoms with Crippen LogP contribution in [0.5, 0.6) is 11.5 Å². The molecule has 1 unspecified atom stereocenters. The number of nitriles is 1. The lowest BCUT2D eigenvalue weighted by atomic mass is 10.1. The van der Waals surface area contributed by atoms with Gasteiger partial charge >= 0.3 is 0 Å². The van der Waals surface area contributed by atoms with E-state index in [-0.39, 0.29) is 17.5 Å². The smallest absolute Gasteiger partial charge is 0.124 e. The summed E-state index contributed by atoms with van der Waals surface area (Å²) in [5.41, 5.74) is 0.714. The molecule has 1 rings (SSSR count). The second-order valence-corrected chi connectivity index (χ2v) is 3.33. The van der Waals surface area contributed by atoms with Crippen molar-refractivity contribution in [2.45, 2.75) is 19.4 Å². The van der Waals surface area contributed by atoms with Crippen molar-refractivity contribution in [3.63, 3.8) is 0 Å². The van der Waals surface area contributed by atoms with Gasteiger partial charge in [-0.3, -0.25) is 0 Å². The summed E-state index contributed by atoms with van der Waals surface area (Å²) >= 11 is 0. The third kappa shape index (κ3) is 3.15. The molecule has 3 N–H and O–H groups in total. The molecule has 0 saturated heterocycles. The van der Waals surface area contributed by atoms with E-state index in [4.69, 9.17) is 10.4 Å². The number of hydrogen-bond donors (Lipinski definition) is 3. The highest BCUT2D eigenvalue weighted by Gasteiger charge is 2.09. The van der Waals surface area contributed by atoms with Gasteiger partial charge in [-0.15, -0.1) is 0 Å². The first kappa shape index (κ1) is 11.3. The fourth-order valence-corrected chi connectivity index (χ4v) is 1.35. The van der Waals surface area contributed by atoms with Crippen LogP contribution in [0.4, 0.5) is 0 Å². The van der Waals surface area contributed by atoms with Gasteiger partial charge in [0.25, 0.3) is 0 Å². The summed E-state index contributed by atoms with van der Waals surface area (Å²) in [4.78, 5) is 0. The molecular weight excluding hydrogens is 192 g/mol. The van der Waals surface area contributed by atoms with Crippen molar-refractivity contribution in [1.29, 1.82) is 5.26 Å². The molecular formula is C11H14N2O2. The minimum Gasteiger partial charge on any atom is -0.508 e. The van der Waals surface area contributed by atoms with E-state index in [1.54, 1.807) is 6.07 Å². The van der Waals surface area contributed by atoms with Gasteiger partial charge in [0.1, 0.15) is 11.5 Å². The molecule has 0 saturated carbocycles. The van der Waals surface area contributed by atoms with Gasteiger partial charge in [-0.2, -0.15) is 5.26 Å². The first-order valence-electron chi connectivity index (χ1n) is 4.77. The normalized spacial score (nSPS) is 12.0. The molecule has 0 aliphatic heterocycles. The lowest BCUT2D eigenvalue weighted by Crippen LogP contribution is -2.19. The van der Waals surface area contributed by atoms with Crippen LogP contribution in [0.15, 0.2) is 18.2 Å². The largest absolute Gasteiger partial charge is 0.508 e. The maximum Gasteiger partial charge on any atom is 0.124 e. The highest BCUT2D eigenvalue weighted by molar-refractivity contribution is 5.40. The summed E-state index contributed by atoms with van der Waals surface area (Å²) in [7, 11) is 0. The minimum atomic E-state index is -0.0426. The molecule has 0 fully saturated rings. The Hall–Kier alpha value is -1.73. The average Bonchev–Trinajstić information content (AvgIpc) is 2.17. The Balaban J connectivity index is 2.66. The van der Waals surface area contributed by atoms with E-state index < -0.39 is 0 Å². The number of nitrogens with one attached hydrogen (secondary N) is 1. The third-order valence-corrected chi connectivity index (χ3v) is 2.17. The maximum absolute atomic E-state index is 9.55. The maximum atomic E-state index is 9.55. The van der Waals surface area contributed by atoms with Crippen LogP contribution in [0, 0.1) is 11.3 Å². The summed E-state index contributed by atoms with van der Waals surface area (Å²) in [6.07, 6.45) is 0.434. The zero-order valence-electron chi connectivity index (χ0n) is 8.57. The highest BCUT2D eigenvalue weighted by Crippen LogP contribution is 2.27. The third-order valence-electron chi connectivity index (χ3n) is 2.17. The Morgan fingerprint density at radius 1 is 1.47 bits per heavy atom. The number of nitrogens with zero attached hydrogens (tertiary/aromatic N) is 1. The Morgan fingerprint density at radius 2 is 2.20 bits per heavy atom. The van der Waals surface area contributed by atoms with Crippen molar-refractivity contribution in [2.24, 2.45) is 0 Å². The van der Waals surface area contributed by atoms with E-state index >= 15 is 0 Å². The molecule has 4 nitrogen and oxygen atoms in total. The van der Waals surface area contributed by atoms with Gasteiger partial charge in [-0.1, -0.05) is 6.07 Å². The lowest BCUT2D eigenvalue weighted by molar-refractivity contribution is 0.437. The predicted molar refractivity (Wildman–Crippen MR) is 56.4 cm³/mol. The molecule has 1 aromatic carbocycles. The summed E-state index contributed by atoms with van der Waals surface area (Å²) < 4.78 is 0. The standard InChI is InChI=1S/C11H14N2O2/c1-8(13-6-2-5-12)10-4-3-9(14)7-11(10)15/h3-4,7-8,13-15H,2,6H2,1H3. The van der Waals surface area contributed by atoms with E-state index in [0.717, 1.165) is 0 Å². The first-order valence-corrected chi connectivity index (χ1v) is 4.77. The number of phenolic OH excluding ortho intramolecular Hbond substituents is 2. The second kappa shape index (κ2) is 5.23. The topological polar surface area (TPSA) is 76.3 Å². The molecule has 0 aliphatic rings. The van der Waals surface area contributed by atoms with Crippen LogP contribution in [0.2, 0.25) is 0 Å². The molecule has 1 atom stereocenters. The van der Waals surface area contributed by atoms with E-state index in [2.05, 4.69) is 5.32 Å². The monoisotopic (exact) mass is 206 g/mol.